The lowest BCUT2D eigenvalue weighted by Gasteiger charge is -2.22. The summed E-state index contributed by atoms with van der Waals surface area (Å²) in [5.41, 5.74) is 3.62. The van der Waals surface area contributed by atoms with Gasteiger partial charge in [0.25, 0.3) is 0 Å². The van der Waals surface area contributed by atoms with Gasteiger partial charge in [-0.1, -0.05) is 35.3 Å². The summed E-state index contributed by atoms with van der Waals surface area (Å²) in [6, 6.07) is 4.65. The predicted molar refractivity (Wildman–Crippen MR) is 61.0 cm³/mol. The maximum atomic E-state index is 11.4. The van der Waals surface area contributed by atoms with Crippen LogP contribution in [0.1, 0.15) is 0 Å². The fraction of sp³-hybridized carbons (Fsp3) is 0.250. The van der Waals surface area contributed by atoms with Crippen LogP contribution in [0.5, 0.6) is 0 Å². The molecule has 3 N–H and O–H groups in total. The lowest BCUT2D eigenvalue weighted by Crippen LogP contribution is -2.52. The van der Waals surface area contributed by atoms with Crippen molar-refractivity contribution in [3.63, 3.8) is 0 Å². The quantitative estimate of drug-likeness (QED) is 0.900. The number of nitrogens with zero attached hydrogens (tertiary/aromatic N) is 1. The van der Waals surface area contributed by atoms with Gasteiger partial charge in [-0.05, 0) is 6.07 Å². The molecule has 15 heavy (non-hydrogen) atoms. The standard InChI is InChI=1S/C8H9Cl2N2O2S/c9-6-2-1-3-7(8(6)10)12-15(13,14)5-4-11/h1-3H,4-5,11H2/q-1/p+1. The Labute approximate surface area is 98.4 Å². The van der Waals surface area contributed by atoms with Gasteiger partial charge in [-0.25, -0.2) is 8.42 Å². The zero-order chi connectivity index (χ0) is 11.5. The molecule has 0 fully saturated rings. The van der Waals surface area contributed by atoms with E-state index in [9.17, 15) is 8.42 Å². The summed E-state index contributed by atoms with van der Waals surface area (Å²) in [5.74, 6) is -0.101. The van der Waals surface area contributed by atoms with Crippen LogP contribution in [0.4, 0.5) is 5.69 Å². The Balaban J connectivity index is 2.95. The van der Waals surface area contributed by atoms with E-state index in [-0.39, 0.29) is 28.0 Å². The molecule has 0 aliphatic carbocycles. The van der Waals surface area contributed by atoms with Gasteiger partial charge in [0.1, 0.15) is 0 Å². The van der Waals surface area contributed by atoms with Crippen molar-refractivity contribution in [2.45, 2.75) is 0 Å². The van der Waals surface area contributed by atoms with Gasteiger partial charge >= 0.3 is 0 Å². The van der Waals surface area contributed by atoms with Gasteiger partial charge in [-0.15, -0.1) is 5.69 Å². The summed E-state index contributed by atoms with van der Waals surface area (Å²) in [4.78, 5) is 0. The molecule has 0 amide bonds. The first-order valence-electron chi connectivity index (χ1n) is 4.15. The number of hydrogen-bond donors (Lipinski definition) is 1. The van der Waals surface area contributed by atoms with Crippen LogP contribution < -0.4 is 5.73 Å². The summed E-state index contributed by atoms with van der Waals surface area (Å²) >= 11 is 11.5. The Bertz CT molecular complexity index is 448. The Kier molecular flexibility index (Phi) is 4.21. The molecule has 7 heteroatoms. The SMILES string of the molecule is [NH3+]CCS(=O)(=O)[N-]c1cccc(Cl)c1Cl. The van der Waals surface area contributed by atoms with Crippen molar-refractivity contribution in [1.82, 2.24) is 0 Å². The molecule has 0 radical (unpaired) electrons. The Hall–Kier alpha value is -0.490. The molecule has 0 spiro atoms. The smallest absolute Gasteiger partial charge is 0.0993 e. The van der Waals surface area contributed by atoms with Crippen molar-refractivity contribution in [1.29, 1.82) is 0 Å². The normalized spacial score (nSPS) is 11.4. The monoisotopic (exact) mass is 268 g/mol. The number of rotatable bonds is 4. The van der Waals surface area contributed by atoms with Crippen LogP contribution in [-0.4, -0.2) is 20.7 Å². The Morgan fingerprint density at radius 2 is 2.00 bits per heavy atom. The van der Waals surface area contributed by atoms with Crippen LogP contribution in [0.15, 0.2) is 18.2 Å². The largest absolute Gasteiger partial charge is 0.575 e. The van der Waals surface area contributed by atoms with Crippen molar-refractivity contribution in [2.24, 2.45) is 0 Å². The van der Waals surface area contributed by atoms with Gasteiger partial charge in [0.05, 0.1) is 27.3 Å². The summed E-state index contributed by atoms with van der Waals surface area (Å²) in [6.45, 7) is 0.268. The van der Waals surface area contributed by atoms with Gasteiger partial charge < -0.3 is 10.5 Å². The average molecular weight is 269 g/mol. The van der Waals surface area contributed by atoms with Crippen molar-refractivity contribution in [2.75, 3.05) is 12.3 Å². The Morgan fingerprint density at radius 3 is 2.60 bits per heavy atom. The highest BCUT2D eigenvalue weighted by Crippen LogP contribution is 2.36. The molecule has 0 bridgehead atoms. The maximum absolute atomic E-state index is 11.4. The third-order valence-electron chi connectivity index (χ3n) is 1.57. The third-order valence-corrected chi connectivity index (χ3v) is 3.66. The highest BCUT2D eigenvalue weighted by Gasteiger charge is 2.03. The summed E-state index contributed by atoms with van der Waals surface area (Å²) in [6.07, 6.45) is 0. The van der Waals surface area contributed by atoms with Gasteiger partial charge in [-0.3, -0.25) is 0 Å². The average Bonchev–Trinajstić information content (AvgIpc) is 2.12. The summed E-state index contributed by atoms with van der Waals surface area (Å²) in [7, 11) is -3.50. The van der Waals surface area contributed by atoms with Gasteiger partial charge in [0.2, 0.25) is 0 Å². The molecule has 0 unspecified atom stereocenters. The molecule has 0 saturated heterocycles. The van der Waals surface area contributed by atoms with Crippen LogP contribution in [0, 0.1) is 0 Å². The van der Waals surface area contributed by atoms with Crippen molar-refractivity contribution >= 4 is 38.9 Å². The first-order valence-corrected chi connectivity index (χ1v) is 6.52. The second kappa shape index (κ2) is 5.03. The van der Waals surface area contributed by atoms with Gasteiger partial charge in [0, 0.05) is 5.02 Å². The van der Waals surface area contributed by atoms with Crippen LogP contribution in [0.2, 0.25) is 10.0 Å². The number of sulfonamides is 1. The lowest BCUT2D eigenvalue weighted by molar-refractivity contribution is -0.360. The molecular formula is C8H10Cl2N2O2S. The fourth-order valence-corrected chi connectivity index (χ4v) is 2.24. The molecule has 0 atom stereocenters. The molecule has 84 valence electrons. The van der Waals surface area contributed by atoms with E-state index in [1.54, 1.807) is 12.1 Å². The lowest BCUT2D eigenvalue weighted by atomic mass is 10.3. The maximum Gasteiger partial charge on any atom is 0.0993 e. The number of hydrogen-bond acceptors (Lipinski definition) is 2. The second-order valence-corrected chi connectivity index (χ2v) is 5.34. The number of benzene rings is 1. The molecule has 4 nitrogen and oxygen atoms in total. The molecule has 1 aromatic rings. The highest BCUT2D eigenvalue weighted by atomic mass is 35.5. The van der Waals surface area contributed by atoms with E-state index < -0.39 is 10.0 Å². The topological polar surface area (TPSA) is 75.9 Å². The van der Waals surface area contributed by atoms with Crippen LogP contribution in [-0.2, 0) is 10.0 Å². The molecule has 0 aliphatic heterocycles. The van der Waals surface area contributed by atoms with Crippen molar-refractivity contribution < 1.29 is 14.2 Å². The molecule has 0 aromatic heterocycles. The van der Waals surface area contributed by atoms with Crippen LogP contribution >= 0.6 is 23.2 Å². The molecule has 0 heterocycles. The molecule has 0 aliphatic rings. The van der Waals surface area contributed by atoms with E-state index in [2.05, 4.69) is 10.5 Å². The van der Waals surface area contributed by atoms with E-state index in [1.807, 2.05) is 0 Å². The van der Waals surface area contributed by atoms with E-state index >= 15 is 0 Å². The molecule has 0 saturated carbocycles. The minimum atomic E-state index is -3.50. The Morgan fingerprint density at radius 1 is 1.33 bits per heavy atom. The molecule has 1 aromatic carbocycles. The molecular weight excluding hydrogens is 259 g/mol. The van der Waals surface area contributed by atoms with Gasteiger partial charge in [-0.2, -0.15) is 0 Å². The highest BCUT2D eigenvalue weighted by molar-refractivity contribution is 7.94. The van der Waals surface area contributed by atoms with Crippen molar-refractivity contribution in [3.05, 3.63) is 33.0 Å². The second-order valence-electron chi connectivity index (χ2n) is 2.80. The zero-order valence-electron chi connectivity index (χ0n) is 7.78. The van der Waals surface area contributed by atoms with E-state index in [1.165, 1.54) is 6.07 Å². The van der Waals surface area contributed by atoms with Gasteiger partial charge in [0.15, 0.2) is 0 Å². The van der Waals surface area contributed by atoms with E-state index in [0.717, 1.165) is 0 Å². The number of quaternary nitrogens is 1. The first-order chi connectivity index (χ1) is 6.96. The fourth-order valence-electron chi connectivity index (χ4n) is 0.941. The minimum Gasteiger partial charge on any atom is -0.575 e. The predicted octanol–water partition coefficient (Wildman–Crippen LogP) is 1.57. The van der Waals surface area contributed by atoms with Crippen molar-refractivity contribution in [3.8, 4) is 0 Å². The zero-order valence-corrected chi connectivity index (χ0v) is 10.1. The third kappa shape index (κ3) is 3.53. The van der Waals surface area contributed by atoms with E-state index in [0.29, 0.717) is 0 Å². The summed E-state index contributed by atoms with van der Waals surface area (Å²) < 4.78 is 26.3. The minimum absolute atomic E-state index is 0.101. The molecule has 1 rings (SSSR count). The first kappa shape index (κ1) is 12.6. The summed E-state index contributed by atoms with van der Waals surface area (Å²) in [5, 5.41) is 0.426. The number of halogens is 2. The van der Waals surface area contributed by atoms with E-state index in [4.69, 9.17) is 23.2 Å². The van der Waals surface area contributed by atoms with Crippen LogP contribution in [0.25, 0.3) is 4.72 Å². The van der Waals surface area contributed by atoms with Crippen LogP contribution in [0.3, 0.4) is 0 Å².